The van der Waals surface area contributed by atoms with Crippen molar-refractivity contribution in [3.05, 3.63) is 100 Å². The molecule has 3 aromatic carbocycles. The standard InChI is InChI=1S/C36H47N3O4/c1-10-27(6)39(34(41)30(22-28-17-12-11-13-18-28)37-35(42)43-36(7,8)9)32(29-20-19-23(2)26(5)21-29)33(40)38-31-24(3)15-14-16-25(31)4/h11-21,27,30,32H,10,22H2,1-9H3,(H,37,42)(H,38,40). The van der Waals surface area contributed by atoms with E-state index in [9.17, 15) is 14.4 Å². The lowest BCUT2D eigenvalue weighted by atomic mass is 9.95. The molecule has 3 amide bonds. The largest absolute Gasteiger partial charge is 0.444 e. The summed E-state index contributed by atoms with van der Waals surface area (Å²) in [4.78, 5) is 43.7. The van der Waals surface area contributed by atoms with Gasteiger partial charge in [-0.25, -0.2) is 4.79 Å². The highest BCUT2D eigenvalue weighted by molar-refractivity contribution is 6.00. The first kappa shape index (κ1) is 33.4. The number of rotatable bonds is 10. The van der Waals surface area contributed by atoms with Crippen LogP contribution in [-0.4, -0.2) is 40.5 Å². The van der Waals surface area contributed by atoms with Crippen molar-refractivity contribution in [3.63, 3.8) is 0 Å². The van der Waals surface area contributed by atoms with E-state index in [0.717, 1.165) is 33.5 Å². The highest BCUT2D eigenvalue weighted by atomic mass is 16.6. The van der Waals surface area contributed by atoms with Gasteiger partial charge in [-0.2, -0.15) is 0 Å². The predicted molar refractivity (Wildman–Crippen MR) is 173 cm³/mol. The van der Waals surface area contributed by atoms with Crippen molar-refractivity contribution in [1.82, 2.24) is 10.2 Å². The summed E-state index contributed by atoms with van der Waals surface area (Å²) in [5, 5.41) is 5.97. The smallest absolute Gasteiger partial charge is 0.408 e. The normalized spacial score (nSPS) is 13.4. The van der Waals surface area contributed by atoms with E-state index in [-0.39, 0.29) is 24.3 Å². The van der Waals surface area contributed by atoms with E-state index in [1.54, 1.807) is 25.7 Å². The Kier molecular flexibility index (Phi) is 11.1. The molecule has 0 heterocycles. The van der Waals surface area contributed by atoms with Gasteiger partial charge in [0.05, 0.1) is 0 Å². The zero-order chi connectivity index (χ0) is 31.9. The number of para-hydroxylation sites is 1. The summed E-state index contributed by atoms with van der Waals surface area (Å²) < 4.78 is 5.55. The predicted octanol–water partition coefficient (Wildman–Crippen LogP) is 7.36. The molecule has 2 N–H and O–H groups in total. The molecule has 0 aliphatic heterocycles. The van der Waals surface area contributed by atoms with Gasteiger partial charge in [-0.15, -0.1) is 0 Å². The van der Waals surface area contributed by atoms with Gasteiger partial charge in [0.15, 0.2) is 0 Å². The van der Waals surface area contributed by atoms with Gasteiger partial charge in [0.1, 0.15) is 17.7 Å². The molecular weight excluding hydrogens is 538 g/mol. The Bertz CT molecular complexity index is 1410. The third-order valence-electron chi connectivity index (χ3n) is 7.69. The van der Waals surface area contributed by atoms with Crippen LogP contribution in [0.2, 0.25) is 0 Å². The highest BCUT2D eigenvalue weighted by Crippen LogP contribution is 2.30. The van der Waals surface area contributed by atoms with Crippen LogP contribution in [0.3, 0.4) is 0 Å². The van der Waals surface area contributed by atoms with Gasteiger partial charge in [0.25, 0.3) is 5.91 Å². The van der Waals surface area contributed by atoms with Crippen LogP contribution in [-0.2, 0) is 20.7 Å². The molecule has 43 heavy (non-hydrogen) atoms. The average molecular weight is 586 g/mol. The van der Waals surface area contributed by atoms with Crippen molar-refractivity contribution in [2.24, 2.45) is 0 Å². The number of nitrogens with zero attached hydrogens (tertiary/aromatic N) is 1. The van der Waals surface area contributed by atoms with Crippen LogP contribution in [0.25, 0.3) is 0 Å². The number of aryl methyl sites for hydroxylation is 4. The Hall–Kier alpha value is -4.13. The molecule has 3 aromatic rings. The van der Waals surface area contributed by atoms with E-state index in [1.165, 1.54) is 0 Å². The van der Waals surface area contributed by atoms with Crippen LogP contribution in [0.5, 0.6) is 0 Å². The molecule has 230 valence electrons. The first-order valence-corrected chi connectivity index (χ1v) is 15.0. The summed E-state index contributed by atoms with van der Waals surface area (Å²) >= 11 is 0. The number of hydrogen-bond acceptors (Lipinski definition) is 4. The Morgan fingerprint density at radius 2 is 1.47 bits per heavy atom. The molecule has 0 radical (unpaired) electrons. The SMILES string of the molecule is CCC(C)N(C(=O)C(Cc1ccccc1)NC(=O)OC(C)(C)C)C(C(=O)Nc1c(C)cccc1C)c1ccc(C)c(C)c1. The van der Waals surface area contributed by atoms with Gasteiger partial charge >= 0.3 is 6.09 Å². The van der Waals surface area contributed by atoms with Crippen molar-refractivity contribution < 1.29 is 19.1 Å². The molecule has 0 aliphatic carbocycles. The molecule has 0 bridgehead atoms. The fourth-order valence-electron chi connectivity index (χ4n) is 5.05. The Morgan fingerprint density at radius 1 is 0.837 bits per heavy atom. The molecule has 7 nitrogen and oxygen atoms in total. The van der Waals surface area contributed by atoms with Crippen LogP contribution in [0.15, 0.2) is 66.7 Å². The first-order chi connectivity index (χ1) is 20.2. The number of benzene rings is 3. The van der Waals surface area contributed by atoms with Gasteiger partial charge < -0.3 is 20.3 Å². The number of carbonyl (C=O) groups is 3. The van der Waals surface area contributed by atoms with E-state index in [1.807, 2.05) is 108 Å². The fourth-order valence-corrected chi connectivity index (χ4v) is 5.05. The number of hydrogen-bond donors (Lipinski definition) is 2. The minimum atomic E-state index is -0.965. The van der Waals surface area contributed by atoms with E-state index in [4.69, 9.17) is 4.74 Å². The lowest BCUT2D eigenvalue weighted by molar-refractivity contribution is -0.143. The third kappa shape index (κ3) is 8.93. The van der Waals surface area contributed by atoms with Gasteiger partial charge in [-0.1, -0.05) is 73.7 Å². The molecule has 0 aliphatic rings. The first-order valence-electron chi connectivity index (χ1n) is 15.0. The monoisotopic (exact) mass is 585 g/mol. The molecule has 7 heteroatoms. The zero-order valence-corrected chi connectivity index (χ0v) is 27.1. The number of alkyl carbamates (subject to hydrolysis) is 1. The van der Waals surface area contributed by atoms with Crippen molar-refractivity contribution in [2.75, 3.05) is 5.32 Å². The topological polar surface area (TPSA) is 87.7 Å². The summed E-state index contributed by atoms with van der Waals surface area (Å²) in [7, 11) is 0. The minimum absolute atomic E-state index is 0.240. The van der Waals surface area contributed by atoms with Crippen LogP contribution in [0.4, 0.5) is 10.5 Å². The number of amides is 3. The van der Waals surface area contributed by atoms with E-state index in [0.29, 0.717) is 12.0 Å². The zero-order valence-electron chi connectivity index (χ0n) is 27.1. The number of ether oxygens (including phenoxy) is 1. The number of nitrogens with one attached hydrogen (secondary N) is 2. The van der Waals surface area contributed by atoms with Crippen LogP contribution in [0.1, 0.15) is 80.5 Å². The quantitative estimate of drug-likeness (QED) is 0.260. The van der Waals surface area contributed by atoms with Gasteiger partial charge in [-0.05, 0) is 95.2 Å². The molecule has 0 fully saturated rings. The van der Waals surface area contributed by atoms with Gasteiger partial charge in [-0.3, -0.25) is 9.59 Å². The molecule has 3 rings (SSSR count). The van der Waals surface area contributed by atoms with E-state index < -0.39 is 23.8 Å². The molecule has 3 atom stereocenters. The maximum absolute atomic E-state index is 14.7. The van der Waals surface area contributed by atoms with E-state index in [2.05, 4.69) is 10.6 Å². The second-order valence-electron chi connectivity index (χ2n) is 12.4. The molecule has 0 spiro atoms. The lowest BCUT2D eigenvalue weighted by Crippen LogP contribution is -2.55. The van der Waals surface area contributed by atoms with Crippen molar-refractivity contribution in [3.8, 4) is 0 Å². The van der Waals surface area contributed by atoms with Crippen LogP contribution < -0.4 is 10.6 Å². The summed E-state index contributed by atoms with van der Waals surface area (Å²) in [6.07, 6.45) is 0.159. The van der Waals surface area contributed by atoms with Gasteiger partial charge in [0, 0.05) is 18.2 Å². The lowest BCUT2D eigenvalue weighted by Gasteiger charge is -2.38. The number of carbonyl (C=O) groups excluding carboxylic acids is 3. The summed E-state index contributed by atoms with van der Waals surface area (Å²) in [5.74, 6) is -0.672. The second kappa shape index (κ2) is 14.4. The summed E-state index contributed by atoms with van der Waals surface area (Å²) in [6.45, 7) is 17.2. The maximum Gasteiger partial charge on any atom is 0.408 e. The van der Waals surface area contributed by atoms with E-state index >= 15 is 0 Å². The molecule has 0 aromatic heterocycles. The Morgan fingerprint density at radius 3 is 2.02 bits per heavy atom. The highest BCUT2D eigenvalue weighted by Gasteiger charge is 2.39. The van der Waals surface area contributed by atoms with Crippen LogP contribution >= 0.6 is 0 Å². The van der Waals surface area contributed by atoms with Crippen molar-refractivity contribution in [2.45, 2.75) is 98.9 Å². The molecular formula is C36H47N3O4. The Labute approximate surface area is 257 Å². The number of anilines is 1. The Balaban J connectivity index is 2.14. The summed E-state index contributed by atoms with van der Waals surface area (Å²) in [5.41, 5.74) is 5.54. The van der Waals surface area contributed by atoms with Crippen molar-refractivity contribution >= 4 is 23.6 Å². The molecule has 0 saturated heterocycles. The summed E-state index contributed by atoms with van der Waals surface area (Å²) in [6, 6.07) is 19.0. The van der Waals surface area contributed by atoms with Crippen molar-refractivity contribution in [1.29, 1.82) is 0 Å². The maximum atomic E-state index is 14.7. The average Bonchev–Trinajstić information content (AvgIpc) is 2.93. The fraction of sp³-hybridized carbons (Fsp3) is 0.417. The molecule has 3 unspecified atom stereocenters. The second-order valence-corrected chi connectivity index (χ2v) is 12.4. The minimum Gasteiger partial charge on any atom is -0.444 e. The third-order valence-corrected chi connectivity index (χ3v) is 7.69. The van der Waals surface area contributed by atoms with Gasteiger partial charge in [0.2, 0.25) is 5.91 Å². The van der Waals surface area contributed by atoms with Crippen LogP contribution in [0, 0.1) is 27.7 Å². The molecule has 0 saturated carbocycles.